The fourth-order valence-corrected chi connectivity index (χ4v) is 5.26. The monoisotopic (exact) mass is 471 g/mol. The SMILES string of the molecule is CC(C)(C)c1cccc(OC2CCN(c3ccc(S(=O)(=O)Nc4nccs4)cc3)C2=O)c1. The number of hydrogen-bond donors (Lipinski definition) is 1. The highest BCUT2D eigenvalue weighted by molar-refractivity contribution is 7.93. The van der Waals surface area contributed by atoms with E-state index in [9.17, 15) is 13.2 Å². The highest BCUT2D eigenvalue weighted by Crippen LogP contribution is 2.29. The molecule has 1 N–H and O–H groups in total. The van der Waals surface area contributed by atoms with Crippen molar-refractivity contribution < 1.29 is 17.9 Å². The van der Waals surface area contributed by atoms with Gasteiger partial charge in [-0.25, -0.2) is 13.4 Å². The first-order valence-electron chi connectivity index (χ1n) is 10.2. The van der Waals surface area contributed by atoms with E-state index in [0.29, 0.717) is 29.5 Å². The second-order valence-electron chi connectivity index (χ2n) is 8.60. The molecule has 0 saturated carbocycles. The van der Waals surface area contributed by atoms with Gasteiger partial charge in [-0.2, -0.15) is 0 Å². The van der Waals surface area contributed by atoms with Crippen LogP contribution in [0.4, 0.5) is 10.8 Å². The number of amides is 1. The van der Waals surface area contributed by atoms with Crippen LogP contribution in [0.2, 0.25) is 0 Å². The molecule has 2 aromatic carbocycles. The summed E-state index contributed by atoms with van der Waals surface area (Å²) in [5.74, 6) is 0.537. The summed E-state index contributed by atoms with van der Waals surface area (Å²) >= 11 is 1.20. The second-order valence-corrected chi connectivity index (χ2v) is 11.2. The molecule has 7 nitrogen and oxygen atoms in total. The summed E-state index contributed by atoms with van der Waals surface area (Å²) in [6, 6.07) is 14.1. The number of thiazole rings is 1. The molecule has 1 aliphatic heterocycles. The Morgan fingerprint density at radius 1 is 1.16 bits per heavy atom. The fourth-order valence-electron chi connectivity index (χ4n) is 3.47. The molecule has 9 heteroatoms. The molecule has 168 valence electrons. The van der Waals surface area contributed by atoms with Crippen LogP contribution in [0, 0.1) is 0 Å². The Labute approximate surface area is 192 Å². The Morgan fingerprint density at radius 2 is 1.91 bits per heavy atom. The van der Waals surface area contributed by atoms with E-state index in [2.05, 4.69) is 36.5 Å². The summed E-state index contributed by atoms with van der Waals surface area (Å²) in [5.41, 5.74) is 1.76. The normalized spacial score (nSPS) is 16.9. The largest absolute Gasteiger partial charge is 0.481 e. The van der Waals surface area contributed by atoms with Crippen molar-refractivity contribution in [2.75, 3.05) is 16.2 Å². The number of rotatable bonds is 6. The molecule has 3 aromatic rings. The zero-order valence-electron chi connectivity index (χ0n) is 18.1. The summed E-state index contributed by atoms with van der Waals surface area (Å²) in [5, 5.41) is 2.00. The van der Waals surface area contributed by atoms with E-state index >= 15 is 0 Å². The number of aromatic nitrogens is 1. The molecule has 0 spiro atoms. The second kappa shape index (κ2) is 8.55. The summed E-state index contributed by atoms with van der Waals surface area (Å²) in [6.07, 6.45) is 1.52. The van der Waals surface area contributed by atoms with Crippen LogP contribution >= 0.6 is 11.3 Å². The maximum absolute atomic E-state index is 12.9. The zero-order chi connectivity index (χ0) is 22.9. The first kappa shape index (κ1) is 22.3. The van der Waals surface area contributed by atoms with Crippen LogP contribution in [0.15, 0.2) is 65.0 Å². The number of anilines is 2. The van der Waals surface area contributed by atoms with Gasteiger partial charge in [-0.15, -0.1) is 11.3 Å². The molecule has 0 radical (unpaired) electrons. The Balaban J connectivity index is 1.45. The van der Waals surface area contributed by atoms with Crippen LogP contribution in [-0.2, 0) is 20.2 Å². The van der Waals surface area contributed by atoms with Crippen molar-refractivity contribution in [2.45, 2.75) is 43.6 Å². The van der Waals surface area contributed by atoms with Gasteiger partial charge in [-0.1, -0.05) is 32.9 Å². The third-order valence-electron chi connectivity index (χ3n) is 5.25. The van der Waals surface area contributed by atoms with E-state index in [1.54, 1.807) is 22.4 Å². The maximum Gasteiger partial charge on any atom is 0.268 e. The van der Waals surface area contributed by atoms with Crippen LogP contribution in [0.1, 0.15) is 32.8 Å². The molecule has 1 atom stereocenters. The molecule has 1 aromatic heterocycles. The Morgan fingerprint density at radius 3 is 2.56 bits per heavy atom. The highest BCUT2D eigenvalue weighted by Gasteiger charge is 2.34. The van der Waals surface area contributed by atoms with Gasteiger partial charge in [-0.05, 0) is 47.4 Å². The number of hydrogen-bond acceptors (Lipinski definition) is 6. The lowest BCUT2D eigenvalue weighted by Crippen LogP contribution is -2.32. The van der Waals surface area contributed by atoms with Gasteiger partial charge >= 0.3 is 0 Å². The first-order valence-corrected chi connectivity index (χ1v) is 12.6. The van der Waals surface area contributed by atoms with Gasteiger partial charge in [-0.3, -0.25) is 9.52 Å². The van der Waals surface area contributed by atoms with E-state index in [0.717, 1.165) is 5.56 Å². The van der Waals surface area contributed by atoms with Crippen molar-refractivity contribution in [1.82, 2.24) is 4.98 Å². The summed E-state index contributed by atoms with van der Waals surface area (Å²) in [7, 11) is -3.73. The van der Waals surface area contributed by atoms with Crippen molar-refractivity contribution >= 4 is 38.1 Å². The lowest BCUT2D eigenvalue weighted by molar-refractivity contribution is -0.122. The smallest absolute Gasteiger partial charge is 0.268 e. The van der Waals surface area contributed by atoms with Crippen LogP contribution in [-0.4, -0.2) is 32.0 Å². The van der Waals surface area contributed by atoms with Gasteiger partial charge in [0.05, 0.1) is 4.90 Å². The van der Waals surface area contributed by atoms with Crippen molar-refractivity contribution in [3.63, 3.8) is 0 Å². The molecule has 4 rings (SSSR count). The average Bonchev–Trinajstić information content (AvgIpc) is 3.37. The van der Waals surface area contributed by atoms with E-state index in [-0.39, 0.29) is 16.2 Å². The molecule has 0 aliphatic carbocycles. The molecule has 1 unspecified atom stereocenters. The van der Waals surface area contributed by atoms with Crippen LogP contribution in [0.5, 0.6) is 5.75 Å². The molecule has 2 heterocycles. The van der Waals surface area contributed by atoms with Crippen molar-refractivity contribution in [3.05, 3.63) is 65.7 Å². The Hall–Kier alpha value is -2.91. The van der Waals surface area contributed by atoms with E-state index < -0.39 is 16.1 Å². The Kier molecular flexibility index (Phi) is 5.96. The summed E-state index contributed by atoms with van der Waals surface area (Å²) in [6.45, 7) is 6.90. The van der Waals surface area contributed by atoms with Gasteiger partial charge in [0.15, 0.2) is 11.2 Å². The topological polar surface area (TPSA) is 88.6 Å². The van der Waals surface area contributed by atoms with Gasteiger partial charge in [0.2, 0.25) is 0 Å². The van der Waals surface area contributed by atoms with Crippen molar-refractivity contribution in [1.29, 1.82) is 0 Å². The van der Waals surface area contributed by atoms with Gasteiger partial charge in [0.25, 0.3) is 15.9 Å². The molecule has 1 saturated heterocycles. The minimum absolute atomic E-state index is 0.0123. The third kappa shape index (κ3) is 4.78. The lowest BCUT2D eigenvalue weighted by Gasteiger charge is -2.21. The van der Waals surface area contributed by atoms with E-state index in [1.807, 2.05) is 18.2 Å². The predicted octanol–water partition coefficient (Wildman–Crippen LogP) is 4.43. The number of sulfonamides is 1. The Bertz CT molecular complexity index is 1200. The third-order valence-corrected chi connectivity index (χ3v) is 7.42. The number of ether oxygens (including phenoxy) is 1. The molecular formula is C23H25N3O4S2. The molecule has 1 amide bonds. The molecule has 1 fully saturated rings. The van der Waals surface area contributed by atoms with E-state index in [1.165, 1.54) is 29.7 Å². The summed E-state index contributed by atoms with van der Waals surface area (Å²) in [4.78, 5) is 18.6. The standard InChI is InChI=1S/C23H25N3O4S2/c1-23(2,3)16-5-4-6-18(15-16)30-20-11-13-26(21(20)27)17-7-9-19(10-8-17)32(28,29)25-22-24-12-14-31-22/h4-10,12,14-15,20H,11,13H2,1-3H3,(H,24,25). The van der Waals surface area contributed by atoms with Gasteiger partial charge in [0, 0.05) is 30.2 Å². The van der Waals surface area contributed by atoms with Crippen LogP contribution in [0.3, 0.4) is 0 Å². The van der Waals surface area contributed by atoms with Gasteiger partial charge < -0.3 is 9.64 Å². The number of carbonyl (C=O) groups excluding carboxylic acids is 1. The zero-order valence-corrected chi connectivity index (χ0v) is 19.7. The molecule has 32 heavy (non-hydrogen) atoms. The molecule has 0 bridgehead atoms. The maximum atomic E-state index is 12.9. The summed E-state index contributed by atoms with van der Waals surface area (Å²) < 4.78 is 33.5. The number of carbonyl (C=O) groups is 1. The van der Waals surface area contributed by atoms with Crippen LogP contribution < -0.4 is 14.4 Å². The quantitative estimate of drug-likeness (QED) is 0.575. The van der Waals surface area contributed by atoms with Crippen molar-refractivity contribution in [3.8, 4) is 5.75 Å². The minimum Gasteiger partial charge on any atom is -0.481 e. The number of benzene rings is 2. The van der Waals surface area contributed by atoms with Gasteiger partial charge in [0.1, 0.15) is 5.75 Å². The van der Waals surface area contributed by atoms with Crippen molar-refractivity contribution in [2.24, 2.45) is 0 Å². The number of nitrogens with one attached hydrogen (secondary N) is 1. The fraction of sp³-hybridized carbons (Fsp3) is 0.304. The average molecular weight is 472 g/mol. The molecule has 1 aliphatic rings. The highest BCUT2D eigenvalue weighted by atomic mass is 32.2. The minimum atomic E-state index is -3.73. The van der Waals surface area contributed by atoms with Crippen LogP contribution in [0.25, 0.3) is 0 Å². The first-order chi connectivity index (χ1) is 15.1. The predicted molar refractivity (Wildman–Crippen MR) is 126 cm³/mol. The van der Waals surface area contributed by atoms with E-state index in [4.69, 9.17) is 4.74 Å². The molecular weight excluding hydrogens is 446 g/mol. The lowest BCUT2D eigenvalue weighted by atomic mass is 9.87. The number of nitrogens with zero attached hydrogens (tertiary/aromatic N) is 2.